The standard InChI is InChI=1S/C13H18N2O3/c1-10(14(2)3)13(17)18-12-8-6-5-7-11(12)15(4)9-16/h5-10H,1-4H3. The maximum absolute atomic E-state index is 11.8. The van der Waals surface area contributed by atoms with Crippen LogP contribution >= 0.6 is 0 Å². The molecule has 0 aromatic heterocycles. The lowest BCUT2D eigenvalue weighted by Crippen LogP contribution is -2.36. The minimum atomic E-state index is -0.355. The Morgan fingerprint density at radius 3 is 2.44 bits per heavy atom. The second-order valence-electron chi connectivity index (χ2n) is 4.24. The molecule has 0 bridgehead atoms. The summed E-state index contributed by atoms with van der Waals surface area (Å²) in [6.45, 7) is 1.76. The fraction of sp³-hybridized carbons (Fsp3) is 0.385. The molecule has 1 rings (SSSR count). The van der Waals surface area contributed by atoms with E-state index in [4.69, 9.17) is 4.74 Å². The number of likely N-dealkylation sites (N-methyl/N-ethyl adjacent to an activating group) is 1. The van der Waals surface area contributed by atoms with Crippen LogP contribution in [0.1, 0.15) is 6.92 Å². The van der Waals surface area contributed by atoms with Crippen molar-refractivity contribution in [2.75, 3.05) is 26.0 Å². The fourth-order valence-corrected chi connectivity index (χ4v) is 1.30. The van der Waals surface area contributed by atoms with E-state index in [9.17, 15) is 9.59 Å². The Kier molecular flexibility index (Phi) is 4.85. The predicted molar refractivity (Wildman–Crippen MR) is 69.7 cm³/mol. The molecule has 0 heterocycles. The van der Waals surface area contributed by atoms with Gasteiger partial charge in [-0.1, -0.05) is 12.1 Å². The third-order valence-corrected chi connectivity index (χ3v) is 2.73. The molecular weight excluding hydrogens is 232 g/mol. The number of rotatable bonds is 5. The molecule has 1 unspecified atom stereocenters. The molecule has 0 fully saturated rings. The summed E-state index contributed by atoms with van der Waals surface area (Å²) < 4.78 is 5.31. The number of nitrogens with zero attached hydrogens (tertiary/aromatic N) is 2. The number of hydrogen-bond donors (Lipinski definition) is 0. The van der Waals surface area contributed by atoms with E-state index in [1.54, 1.807) is 57.2 Å². The van der Waals surface area contributed by atoms with Gasteiger partial charge >= 0.3 is 5.97 Å². The number of para-hydroxylation sites is 2. The molecule has 18 heavy (non-hydrogen) atoms. The van der Waals surface area contributed by atoms with E-state index in [0.717, 1.165) is 0 Å². The fourth-order valence-electron chi connectivity index (χ4n) is 1.30. The highest BCUT2D eigenvalue weighted by Crippen LogP contribution is 2.26. The molecule has 0 radical (unpaired) electrons. The molecular formula is C13H18N2O3. The van der Waals surface area contributed by atoms with Gasteiger partial charge in [-0.25, -0.2) is 4.79 Å². The van der Waals surface area contributed by atoms with Gasteiger partial charge in [-0.3, -0.25) is 9.69 Å². The summed E-state index contributed by atoms with van der Waals surface area (Å²) in [6, 6.07) is 6.57. The minimum Gasteiger partial charge on any atom is -0.423 e. The zero-order valence-corrected chi connectivity index (χ0v) is 11.1. The first-order chi connectivity index (χ1) is 8.47. The summed E-state index contributed by atoms with van der Waals surface area (Å²) in [5, 5.41) is 0. The number of carbonyl (C=O) groups is 2. The lowest BCUT2D eigenvalue weighted by atomic mass is 10.2. The molecule has 1 aromatic rings. The maximum atomic E-state index is 11.8. The van der Waals surface area contributed by atoms with Crippen LogP contribution in [0.2, 0.25) is 0 Å². The highest BCUT2D eigenvalue weighted by atomic mass is 16.5. The number of amides is 1. The smallest absolute Gasteiger partial charge is 0.328 e. The van der Waals surface area contributed by atoms with Gasteiger partial charge in [0.25, 0.3) is 0 Å². The average molecular weight is 250 g/mol. The molecule has 0 saturated carbocycles. The third-order valence-electron chi connectivity index (χ3n) is 2.73. The highest BCUT2D eigenvalue weighted by molar-refractivity contribution is 5.83. The molecule has 0 spiro atoms. The van der Waals surface area contributed by atoms with Crippen molar-refractivity contribution in [3.63, 3.8) is 0 Å². The Balaban J connectivity index is 2.91. The summed E-state index contributed by atoms with van der Waals surface area (Å²) in [5.74, 6) is 0.0255. The van der Waals surface area contributed by atoms with Gasteiger partial charge in [0, 0.05) is 7.05 Å². The van der Waals surface area contributed by atoms with E-state index in [1.165, 1.54) is 4.90 Å². The van der Waals surface area contributed by atoms with Crippen LogP contribution in [0.15, 0.2) is 24.3 Å². The van der Waals surface area contributed by atoms with Crippen molar-refractivity contribution >= 4 is 18.1 Å². The van der Waals surface area contributed by atoms with Crippen LogP contribution in [-0.2, 0) is 9.59 Å². The monoisotopic (exact) mass is 250 g/mol. The highest BCUT2D eigenvalue weighted by Gasteiger charge is 2.19. The summed E-state index contributed by atoms with van der Waals surface area (Å²) >= 11 is 0. The molecule has 98 valence electrons. The van der Waals surface area contributed by atoms with Gasteiger partial charge in [0.15, 0.2) is 5.75 Å². The molecule has 1 aromatic carbocycles. The number of carbonyl (C=O) groups excluding carboxylic acids is 2. The van der Waals surface area contributed by atoms with Crippen molar-refractivity contribution in [2.45, 2.75) is 13.0 Å². The van der Waals surface area contributed by atoms with Gasteiger partial charge in [-0.05, 0) is 33.2 Å². The summed E-state index contributed by atoms with van der Waals surface area (Å²) in [5.41, 5.74) is 0.562. The predicted octanol–water partition coefficient (Wildman–Crippen LogP) is 1.13. The van der Waals surface area contributed by atoms with Crippen LogP contribution in [0, 0.1) is 0 Å². The molecule has 5 nitrogen and oxygen atoms in total. The summed E-state index contributed by atoms with van der Waals surface area (Å²) in [7, 11) is 5.21. The van der Waals surface area contributed by atoms with Crippen molar-refractivity contribution in [2.24, 2.45) is 0 Å². The molecule has 0 aliphatic rings. The van der Waals surface area contributed by atoms with E-state index in [-0.39, 0.29) is 12.0 Å². The van der Waals surface area contributed by atoms with Gasteiger partial charge in [0.1, 0.15) is 6.04 Å². The van der Waals surface area contributed by atoms with Crippen molar-refractivity contribution in [1.29, 1.82) is 0 Å². The topological polar surface area (TPSA) is 49.9 Å². The SMILES string of the molecule is CC(C(=O)Oc1ccccc1N(C)C=O)N(C)C. The lowest BCUT2D eigenvalue weighted by molar-refractivity contribution is -0.138. The number of anilines is 1. The van der Waals surface area contributed by atoms with Crippen LogP contribution in [-0.4, -0.2) is 44.5 Å². The van der Waals surface area contributed by atoms with Crippen LogP contribution in [0.3, 0.4) is 0 Å². The first kappa shape index (κ1) is 14.2. The molecule has 5 heteroatoms. The van der Waals surface area contributed by atoms with Crippen LogP contribution in [0.4, 0.5) is 5.69 Å². The number of hydrogen-bond acceptors (Lipinski definition) is 4. The van der Waals surface area contributed by atoms with Crippen molar-refractivity contribution < 1.29 is 14.3 Å². The molecule has 0 aliphatic carbocycles. The van der Waals surface area contributed by atoms with E-state index in [0.29, 0.717) is 17.8 Å². The Labute approximate surface area is 107 Å². The minimum absolute atomic E-state index is 0.348. The Hall–Kier alpha value is -1.88. The molecule has 0 aliphatic heterocycles. The second kappa shape index (κ2) is 6.16. The van der Waals surface area contributed by atoms with Crippen LogP contribution < -0.4 is 9.64 Å². The molecule has 1 amide bonds. The van der Waals surface area contributed by atoms with Crippen molar-refractivity contribution in [3.05, 3.63) is 24.3 Å². The summed E-state index contributed by atoms with van der Waals surface area (Å²) in [4.78, 5) is 25.7. The molecule has 1 atom stereocenters. The maximum Gasteiger partial charge on any atom is 0.328 e. The van der Waals surface area contributed by atoms with Crippen LogP contribution in [0.5, 0.6) is 5.75 Å². The van der Waals surface area contributed by atoms with Gasteiger partial charge < -0.3 is 9.64 Å². The zero-order valence-electron chi connectivity index (χ0n) is 11.1. The lowest BCUT2D eigenvalue weighted by Gasteiger charge is -2.20. The van der Waals surface area contributed by atoms with E-state index in [1.807, 2.05) is 0 Å². The average Bonchev–Trinajstić information content (AvgIpc) is 2.37. The Morgan fingerprint density at radius 2 is 1.89 bits per heavy atom. The largest absolute Gasteiger partial charge is 0.423 e. The second-order valence-corrected chi connectivity index (χ2v) is 4.24. The first-order valence-electron chi connectivity index (χ1n) is 5.62. The summed E-state index contributed by atoms with van der Waals surface area (Å²) in [6.07, 6.45) is 0.669. The van der Waals surface area contributed by atoms with Gasteiger partial charge in [-0.2, -0.15) is 0 Å². The van der Waals surface area contributed by atoms with Gasteiger partial charge in [-0.15, -0.1) is 0 Å². The third kappa shape index (κ3) is 3.30. The zero-order chi connectivity index (χ0) is 13.7. The Morgan fingerprint density at radius 1 is 1.28 bits per heavy atom. The number of ether oxygens (including phenoxy) is 1. The van der Waals surface area contributed by atoms with Crippen molar-refractivity contribution in [3.8, 4) is 5.75 Å². The van der Waals surface area contributed by atoms with E-state index < -0.39 is 0 Å². The van der Waals surface area contributed by atoms with E-state index in [2.05, 4.69) is 0 Å². The van der Waals surface area contributed by atoms with Crippen LogP contribution in [0.25, 0.3) is 0 Å². The van der Waals surface area contributed by atoms with E-state index >= 15 is 0 Å². The molecule has 0 N–H and O–H groups in total. The van der Waals surface area contributed by atoms with Gasteiger partial charge in [0.05, 0.1) is 5.69 Å². The number of esters is 1. The van der Waals surface area contributed by atoms with Crippen molar-refractivity contribution in [1.82, 2.24) is 4.90 Å². The first-order valence-corrected chi connectivity index (χ1v) is 5.62. The van der Waals surface area contributed by atoms with Gasteiger partial charge in [0.2, 0.25) is 6.41 Å². The normalized spacial score (nSPS) is 12.1. The number of benzene rings is 1. The molecule has 0 saturated heterocycles. The Bertz CT molecular complexity index is 432. The quantitative estimate of drug-likeness (QED) is 0.446.